The highest BCUT2D eigenvalue weighted by Crippen LogP contribution is 2.31. The molecular weight excluding hydrogens is 368 g/mol. The molecule has 0 spiro atoms. The highest BCUT2D eigenvalue weighted by atomic mass is 79.9. The maximum absolute atomic E-state index is 11.1. The Morgan fingerprint density at radius 3 is 2.42 bits per heavy atom. The van der Waals surface area contributed by atoms with E-state index < -0.39 is 11.4 Å². The van der Waals surface area contributed by atoms with Gasteiger partial charge in [-0.25, -0.2) is 0 Å². The van der Waals surface area contributed by atoms with Crippen LogP contribution in [0.3, 0.4) is 0 Å². The number of halogens is 1. The molecule has 0 aliphatic rings. The summed E-state index contributed by atoms with van der Waals surface area (Å²) in [5.74, 6) is 0.0620. The molecule has 3 nitrogen and oxygen atoms in total. The zero-order chi connectivity index (χ0) is 17.6. The van der Waals surface area contributed by atoms with E-state index >= 15 is 0 Å². The third-order valence-electron chi connectivity index (χ3n) is 4.09. The van der Waals surface area contributed by atoms with Gasteiger partial charge in [0.05, 0.1) is 12.0 Å². The van der Waals surface area contributed by atoms with Crippen LogP contribution in [-0.4, -0.2) is 17.7 Å². The summed E-state index contributed by atoms with van der Waals surface area (Å²) in [5.41, 5.74) is 2.68. The van der Waals surface area contributed by atoms with Crippen molar-refractivity contribution in [3.8, 4) is 16.9 Å². The number of benzene rings is 2. The zero-order valence-corrected chi connectivity index (χ0v) is 15.7. The Labute approximate surface area is 151 Å². The molecule has 0 amide bonds. The average Bonchev–Trinajstić information content (AvgIpc) is 2.59. The third kappa shape index (κ3) is 4.84. The number of hydrogen-bond acceptors (Lipinski definition) is 2. The predicted molar refractivity (Wildman–Crippen MR) is 101 cm³/mol. The Bertz CT molecular complexity index is 678. The molecular formula is C20H23BrO3. The van der Waals surface area contributed by atoms with E-state index in [9.17, 15) is 4.79 Å². The molecule has 0 saturated carbocycles. The van der Waals surface area contributed by atoms with E-state index in [-0.39, 0.29) is 0 Å². The summed E-state index contributed by atoms with van der Waals surface area (Å²) in [6.07, 6.45) is 1.29. The second-order valence-corrected chi connectivity index (χ2v) is 7.03. The van der Waals surface area contributed by atoms with Gasteiger partial charge >= 0.3 is 5.97 Å². The summed E-state index contributed by atoms with van der Waals surface area (Å²) >= 11 is 3.45. The summed E-state index contributed by atoms with van der Waals surface area (Å²) in [5, 5.41) is 9.99. The number of hydrogen-bond donors (Lipinski definition) is 1. The van der Waals surface area contributed by atoms with Gasteiger partial charge < -0.3 is 9.84 Å². The van der Waals surface area contributed by atoms with Crippen LogP contribution >= 0.6 is 15.9 Å². The molecule has 0 aromatic heterocycles. The molecule has 0 saturated heterocycles. The Hall–Kier alpha value is -1.81. The zero-order valence-electron chi connectivity index (χ0n) is 14.1. The van der Waals surface area contributed by atoms with Crippen LogP contribution in [0.5, 0.6) is 5.75 Å². The molecule has 0 bridgehead atoms. The Balaban J connectivity index is 2.02. The predicted octanol–water partition coefficient (Wildman–Crippen LogP) is 5.52. The van der Waals surface area contributed by atoms with Crippen LogP contribution in [0.2, 0.25) is 0 Å². The maximum Gasteiger partial charge on any atom is 0.309 e. The van der Waals surface area contributed by atoms with Gasteiger partial charge in [0.25, 0.3) is 0 Å². The second kappa shape index (κ2) is 8.34. The van der Waals surface area contributed by atoms with Crippen molar-refractivity contribution < 1.29 is 14.6 Å². The summed E-state index contributed by atoms with van der Waals surface area (Å²) in [7, 11) is 0. The molecule has 0 aliphatic heterocycles. The van der Waals surface area contributed by atoms with E-state index in [2.05, 4.69) is 40.2 Å². The van der Waals surface area contributed by atoms with Crippen molar-refractivity contribution in [2.24, 2.45) is 5.41 Å². The molecule has 0 heterocycles. The molecule has 4 heteroatoms. The van der Waals surface area contributed by atoms with Crippen molar-refractivity contribution in [3.05, 3.63) is 54.1 Å². The van der Waals surface area contributed by atoms with Crippen LogP contribution in [0.15, 0.2) is 48.5 Å². The van der Waals surface area contributed by atoms with Crippen molar-refractivity contribution in [2.75, 3.05) is 6.61 Å². The van der Waals surface area contributed by atoms with Crippen molar-refractivity contribution in [1.29, 1.82) is 0 Å². The number of para-hydroxylation sites is 1. The highest BCUT2D eigenvalue weighted by molar-refractivity contribution is 9.08. The lowest BCUT2D eigenvalue weighted by Gasteiger charge is -2.19. The molecule has 1 N–H and O–H groups in total. The van der Waals surface area contributed by atoms with Crippen molar-refractivity contribution in [2.45, 2.75) is 32.0 Å². The standard InChI is InChI=1S/C20H23BrO3/c1-20(2,19(22)23)12-5-13-24-18-7-4-3-6-17(18)16-10-8-15(14-21)9-11-16/h3-4,6-11H,5,12-14H2,1-2H3,(H,22,23). The van der Waals surface area contributed by atoms with Gasteiger partial charge in [-0.1, -0.05) is 58.4 Å². The van der Waals surface area contributed by atoms with Crippen molar-refractivity contribution >= 4 is 21.9 Å². The van der Waals surface area contributed by atoms with Gasteiger partial charge in [-0.05, 0) is 43.9 Å². The number of carboxylic acids is 1. The van der Waals surface area contributed by atoms with E-state index in [0.29, 0.717) is 19.4 Å². The fourth-order valence-corrected chi connectivity index (χ4v) is 2.78. The summed E-state index contributed by atoms with van der Waals surface area (Å²) < 4.78 is 5.92. The molecule has 0 atom stereocenters. The molecule has 0 unspecified atom stereocenters. The maximum atomic E-state index is 11.1. The van der Waals surface area contributed by atoms with Crippen LogP contribution in [0.25, 0.3) is 11.1 Å². The van der Waals surface area contributed by atoms with Crippen molar-refractivity contribution in [1.82, 2.24) is 0 Å². The molecule has 24 heavy (non-hydrogen) atoms. The summed E-state index contributed by atoms with van der Waals surface area (Å²) in [6.45, 7) is 4.00. The van der Waals surface area contributed by atoms with Crippen LogP contribution < -0.4 is 4.74 Å². The molecule has 0 fully saturated rings. The lowest BCUT2D eigenvalue weighted by molar-refractivity contribution is -0.147. The Morgan fingerprint density at radius 2 is 1.79 bits per heavy atom. The summed E-state index contributed by atoms with van der Waals surface area (Å²) in [4.78, 5) is 11.1. The summed E-state index contributed by atoms with van der Waals surface area (Å²) in [6, 6.07) is 16.3. The first-order valence-electron chi connectivity index (χ1n) is 8.04. The van der Waals surface area contributed by atoms with Gasteiger partial charge in [-0.3, -0.25) is 4.79 Å². The topological polar surface area (TPSA) is 46.5 Å². The highest BCUT2D eigenvalue weighted by Gasteiger charge is 2.26. The van der Waals surface area contributed by atoms with Gasteiger partial charge in [0.15, 0.2) is 0 Å². The van der Waals surface area contributed by atoms with Crippen LogP contribution in [-0.2, 0) is 10.1 Å². The molecule has 2 aromatic rings. The van der Waals surface area contributed by atoms with Crippen LogP contribution in [0.4, 0.5) is 0 Å². The van der Waals surface area contributed by atoms with Crippen LogP contribution in [0, 0.1) is 5.41 Å². The number of carbonyl (C=O) groups is 1. The number of rotatable bonds is 8. The van der Waals surface area contributed by atoms with E-state index in [1.165, 1.54) is 5.56 Å². The smallest absolute Gasteiger partial charge is 0.309 e. The number of ether oxygens (including phenoxy) is 1. The van der Waals surface area contributed by atoms with Gasteiger partial charge in [-0.2, -0.15) is 0 Å². The van der Waals surface area contributed by atoms with Gasteiger partial charge in [0.1, 0.15) is 5.75 Å². The second-order valence-electron chi connectivity index (χ2n) is 6.47. The van der Waals surface area contributed by atoms with E-state index in [4.69, 9.17) is 9.84 Å². The largest absolute Gasteiger partial charge is 0.493 e. The monoisotopic (exact) mass is 390 g/mol. The molecule has 0 radical (unpaired) electrons. The minimum atomic E-state index is -0.769. The fraction of sp³-hybridized carbons (Fsp3) is 0.350. The quantitative estimate of drug-likeness (QED) is 0.476. The third-order valence-corrected chi connectivity index (χ3v) is 4.74. The van der Waals surface area contributed by atoms with Gasteiger partial charge in [-0.15, -0.1) is 0 Å². The van der Waals surface area contributed by atoms with Crippen LogP contribution in [0.1, 0.15) is 32.3 Å². The molecule has 2 aromatic carbocycles. The first kappa shape index (κ1) is 18.5. The van der Waals surface area contributed by atoms with Crippen molar-refractivity contribution in [3.63, 3.8) is 0 Å². The van der Waals surface area contributed by atoms with E-state index in [0.717, 1.165) is 22.2 Å². The fourth-order valence-electron chi connectivity index (χ4n) is 2.41. The molecule has 128 valence electrons. The minimum Gasteiger partial charge on any atom is -0.493 e. The van der Waals surface area contributed by atoms with E-state index in [1.807, 2.05) is 24.3 Å². The first-order chi connectivity index (χ1) is 11.4. The van der Waals surface area contributed by atoms with Gasteiger partial charge in [0, 0.05) is 10.9 Å². The van der Waals surface area contributed by atoms with Gasteiger partial charge in [0.2, 0.25) is 0 Å². The lowest BCUT2D eigenvalue weighted by Crippen LogP contribution is -2.24. The average molecular weight is 391 g/mol. The molecule has 0 aliphatic carbocycles. The normalized spacial score (nSPS) is 11.3. The first-order valence-corrected chi connectivity index (χ1v) is 9.17. The van der Waals surface area contributed by atoms with E-state index in [1.54, 1.807) is 13.8 Å². The number of carboxylic acid groups (broad SMARTS) is 1. The molecule has 2 rings (SSSR count). The Morgan fingerprint density at radius 1 is 1.12 bits per heavy atom. The number of aliphatic carboxylic acids is 1. The lowest BCUT2D eigenvalue weighted by atomic mass is 9.88. The Kier molecular flexibility index (Phi) is 6.44. The minimum absolute atomic E-state index is 0.507. The SMILES string of the molecule is CC(C)(CCCOc1ccccc1-c1ccc(CBr)cc1)C(=O)O. The number of alkyl halides is 1.